The van der Waals surface area contributed by atoms with Crippen LogP contribution in [0.3, 0.4) is 0 Å². The molecule has 1 aliphatic heterocycles. The van der Waals surface area contributed by atoms with Crippen molar-refractivity contribution >= 4 is 17.2 Å². The van der Waals surface area contributed by atoms with E-state index in [9.17, 15) is 9.18 Å². The fraction of sp³-hybridized carbons (Fsp3) is 0.231. The van der Waals surface area contributed by atoms with Crippen LogP contribution in [0.15, 0.2) is 79.1 Å². The molecule has 2 atom stereocenters. The fourth-order valence-corrected chi connectivity index (χ4v) is 3.78. The van der Waals surface area contributed by atoms with E-state index in [0.717, 1.165) is 12.8 Å². The molecule has 2 N–H and O–H groups in total. The average Bonchev–Trinajstić information content (AvgIpc) is 2.84. The van der Waals surface area contributed by atoms with E-state index in [1.807, 2.05) is 18.2 Å². The van der Waals surface area contributed by atoms with E-state index in [4.69, 9.17) is 1.41 Å². The molecule has 5 nitrogen and oxygen atoms in total. The lowest BCUT2D eigenvalue weighted by atomic mass is 9.96. The van der Waals surface area contributed by atoms with Crippen molar-refractivity contribution in [1.82, 2.24) is 20.5 Å². The number of aryl methyl sites for hydroxylation is 1. The molecule has 4 rings (SSSR count). The Kier molecular flexibility index (Phi) is 6.21. The van der Waals surface area contributed by atoms with Gasteiger partial charge in [-0.3, -0.25) is 15.1 Å². The van der Waals surface area contributed by atoms with Gasteiger partial charge in [0.15, 0.2) is 7.70 Å². The Morgan fingerprint density at radius 2 is 1.78 bits per heavy atom. The van der Waals surface area contributed by atoms with Crippen LogP contribution in [0.4, 0.5) is 4.39 Å². The van der Waals surface area contributed by atoms with Crippen LogP contribution >= 0.6 is 0 Å². The van der Waals surface area contributed by atoms with Gasteiger partial charge >= 0.3 is 0 Å². The first-order chi connectivity index (χ1) is 16.0. The smallest absolute Gasteiger partial charge is 0.258 e. The van der Waals surface area contributed by atoms with E-state index >= 15 is 0 Å². The van der Waals surface area contributed by atoms with Gasteiger partial charge in [-0.15, -0.1) is 0 Å². The predicted octanol–water partition coefficient (Wildman–Crippen LogP) is 4.05. The van der Waals surface area contributed by atoms with Crippen LogP contribution in [0.5, 0.6) is 0 Å². The molecule has 0 spiro atoms. The van der Waals surface area contributed by atoms with Crippen molar-refractivity contribution in [3.8, 4) is 0 Å². The second-order valence-electron chi connectivity index (χ2n) is 7.98. The van der Waals surface area contributed by atoms with Crippen LogP contribution in [0.2, 0.25) is 1.41 Å². The van der Waals surface area contributed by atoms with Gasteiger partial charge in [0.2, 0.25) is 0 Å². The maximum atomic E-state index is 13.5. The average molecular weight is 433 g/mol. The minimum atomic E-state index is -0.657. The Bertz CT molecular complexity index is 1120. The van der Waals surface area contributed by atoms with Crippen molar-refractivity contribution in [2.45, 2.75) is 32.1 Å². The Morgan fingerprint density at radius 1 is 1.09 bits per heavy atom. The molecule has 1 amide bonds. The number of carbonyl (C=O) groups excluding carboxylic acids is 1. The second kappa shape index (κ2) is 9.75. The summed E-state index contributed by atoms with van der Waals surface area (Å²) in [5.74, 6) is -0.611. The number of aromatic nitrogens is 1. The number of benzene rings is 2. The van der Waals surface area contributed by atoms with Gasteiger partial charge in [-0.2, -0.15) is 0 Å². The van der Waals surface area contributed by atoms with Crippen LogP contribution in [0.25, 0.3) is 11.3 Å². The quantitative estimate of drug-likeness (QED) is 0.592. The lowest BCUT2D eigenvalue weighted by molar-refractivity contribution is -0.127. The van der Waals surface area contributed by atoms with Gasteiger partial charge in [-0.05, 0) is 55.2 Å². The summed E-state index contributed by atoms with van der Waals surface area (Å²) in [6.45, 7) is 2.06. The van der Waals surface area contributed by atoms with E-state index in [1.165, 1.54) is 27.9 Å². The molecule has 6 heteroatoms. The standard InChI is InChI=1S/C26H27FN4O/c1-18(8-9-19-6-4-3-5-7-19)29-26-30-24(21-14-16-28-17-15-21)23(25(32)31(26)2)20-10-12-22(27)13-11-20/h3-7,10-18,26,29-30H,8-9H2,1-2H3/i/hT. The second-order valence-corrected chi connectivity index (χ2v) is 7.98. The Balaban J connectivity index is 1.65. The number of pyridine rings is 1. The number of amides is 1. The Labute approximate surface area is 189 Å². The van der Waals surface area contributed by atoms with Crippen molar-refractivity contribution in [1.29, 1.82) is 0 Å². The Hall–Kier alpha value is -3.51. The molecule has 0 bridgehead atoms. The van der Waals surface area contributed by atoms with Crippen LogP contribution in [-0.2, 0) is 11.2 Å². The number of rotatable bonds is 7. The topological polar surface area (TPSA) is 57.3 Å². The zero-order chi connectivity index (χ0) is 23.4. The number of hydrogen-bond donors (Lipinski definition) is 2. The van der Waals surface area contributed by atoms with Crippen molar-refractivity contribution in [2.24, 2.45) is 0 Å². The number of halogens is 1. The SMILES string of the molecule is [3H]N1C(c2ccncc2)=C(c2ccc(F)cc2)C(=O)N(C)C1NC(C)CCc1ccccc1. The van der Waals surface area contributed by atoms with Crippen molar-refractivity contribution < 1.29 is 10.6 Å². The molecule has 0 saturated carbocycles. The van der Waals surface area contributed by atoms with Gasteiger partial charge in [0.1, 0.15) is 5.82 Å². The van der Waals surface area contributed by atoms with Gasteiger partial charge in [0.05, 0.1) is 11.3 Å². The monoisotopic (exact) mass is 432 g/mol. The lowest BCUT2D eigenvalue weighted by Crippen LogP contribution is -2.60. The highest BCUT2D eigenvalue weighted by Crippen LogP contribution is 2.30. The summed E-state index contributed by atoms with van der Waals surface area (Å²) in [6, 6.07) is 19.6. The molecule has 2 aromatic carbocycles. The van der Waals surface area contributed by atoms with E-state index < -0.39 is 6.29 Å². The summed E-state index contributed by atoms with van der Waals surface area (Å²) in [6.07, 6.45) is 4.36. The summed E-state index contributed by atoms with van der Waals surface area (Å²) in [5, 5.41) is 4.76. The van der Waals surface area contributed by atoms with E-state index in [2.05, 4.69) is 29.4 Å². The molecule has 2 heterocycles. The molecule has 3 aromatic rings. The number of carbonyl (C=O) groups is 1. The summed E-state index contributed by atoms with van der Waals surface area (Å²) < 4.78 is 22.5. The molecule has 0 aliphatic carbocycles. The van der Waals surface area contributed by atoms with Gasteiger partial charge in [0.25, 0.3) is 5.91 Å². The first-order valence-electron chi connectivity index (χ1n) is 11.2. The van der Waals surface area contributed by atoms with Crippen LogP contribution in [0, 0.1) is 5.82 Å². The molecule has 0 fully saturated rings. The highest BCUT2D eigenvalue weighted by atomic mass is 19.1. The van der Waals surface area contributed by atoms with Crippen molar-refractivity contribution in [3.63, 3.8) is 0 Å². The molecule has 1 aliphatic rings. The highest BCUT2D eigenvalue weighted by Gasteiger charge is 2.33. The maximum Gasteiger partial charge on any atom is 0.258 e. The summed E-state index contributed by atoms with van der Waals surface area (Å²) >= 11 is 0. The van der Waals surface area contributed by atoms with Crippen LogP contribution < -0.4 is 10.6 Å². The van der Waals surface area contributed by atoms with E-state index in [1.54, 1.807) is 43.7 Å². The number of hydrogen-bond acceptors (Lipinski definition) is 4. The van der Waals surface area contributed by atoms with Crippen molar-refractivity contribution in [2.75, 3.05) is 7.05 Å². The third-order valence-corrected chi connectivity index (χ3v) is 5.62. The van der Waals surface area contributed by atoms with Crippen LogP contribution in [0.1, 0.15) is 30.0 Å². The first kappa shape index (κ1) is 20.4. The third-order valence-electron chi connectivity index (χ3n) is 5.62. The maximum absolute atomic E-state index is 13.5. The highest BCUT2D eigenvalue weighted by molar-refractivity contribution is 6.27. The molecule has 32 heavy (non-hydrogen) atoms. The molecular formula is C26H27FN4O. The minimum Gasteiger partial charge on any atom is -0.352 e. The van der Waals surface area contributed by atoms with E-state index in [0.29, 0.717) is 22.4 Å². The largest absolute Gasteiger partial charge is 0.352 e. The normalized spacial score (nSPS) is 18.0. The zero-order valence-corrected chi connectivity index (χ0v) is 18.2. The molecule has 1 aromatic heterocycles. The molecule has 0 saturated heterocycles. The van der Waals surface area contributed by atoms with Gasteiger partial charge in [-0.1, -0.05) is 42.5 Å². The number of nitrogens with zero attached hydrogens (tertiary/aromatic N) is 2. The van der Waals surface area contributed by atoms with Crippen LogP contribution in [-0.4, -0.2) is 35.2 Å². The summed E-state index contributed by atoms with van der Waals surface area (Å²) in [5.41, 5.74) is 3.32. The van der Waals surface area contributed by atoms with Crippen molar-refractivity contribution in [3.05, 3.63) is 102 Å². The van der Waals surface area contributed by atoms with Gasteiger partial charge in [0, 0.05) is 31.0 Å². The molecule has 2 unspecified atom stereocenters. The first-order valence-corrected chi connectivity index (χ1v) is 10.7. The van der Waals surface area contributed by atoms with Gasteiger partial charge < -0.3 is 10.2 Å². The molecule has 164 valence electrons. The number of nitrogens with one attached hydrogen (secondary N) is 2. The number of likely N-dealkylation sites (N-methyl/N-ethyl adjacent to an activating group) is 1. The summed E-state index contributed by atoms with van der Waals surface area (Å²) in [7, 11) is 1.68. The predicted molar refractivity (Wildman–Crippen MR) is 125 cm³/mol. The zero-order valence-electron chi connectivity index (χ0n) is 19.2. The van der Waals surface area contributed by atoms with E-state index in [-0.39, 0.29) is 17.8 Å². The molecule has 0 radical (unpaired) electrons. The molecular weight excluding hydrogens is 403 g/mol. The Morgan fingerprint density at radius 3 is 2.47 bits per heavy atom. The summed E-state index contributed by atoms with van der Waals surface area (Å²) in [4.78, 5) is 19.1. The lowest BCUT2D eigenvalue weighted by Gasteiger charge is -2.39. The third kappa shape index (κ3) is 4.86. The minimum absolute atomic E-state index is 0.0596. The fourth-order valence-electron chi connectivity index (χ4n) is 3.78. The van der Waals surface area contributed by atoms with Gasteiger partial charge in [-0.25, -0.2) is 4.39 Å².